The van der Waals surface area contributed by atoms with Crippen molar-refractivity contribution in [3.63, 3.8) is 0 Å². The first-order valence-corrected chi connectivity index (χ1v) is 6.11. The summed E-state index contributed by atoms with van der Waals surface area (Å²) >= 11 is 0. The molecule has 1 aliphatic heterocycles. The van der Waals surface area contributed by atoms with Gasteiger partial charge in [-0.05, 0) is 33.0 Å². The van der Waals surface area contributed by atoms with Crippen LogP contribution in [0.3, 0.4) is 0 Å². The van der Waals surface area contributed by atoms with Crippen molar-refractivity contribution in [3.05, 3.63) is 17.8 Å². The lowest BCUT2D eigenvalue weighted by atomic mass is 10.1. The van der Waals surface area contributed by atoms with Crippen LogP contribution in [0.15, 0.2) is 12.1 Å². The molecule has 1 aromatic rings. The van der Waals surface area contributed by atoms with Crippen molar-refractivity contribution in [1.29, 1.82) is 0 Å². The van der Waals surface area contributed by atoms with E-state index in [1.807, 2.05) is 12.1 Å². The predicted molar refractivity (Wildman–Crippen MR) is 68.8 cm³/mol. The van der Waals surface area contributed by atoms with E-state index >= 15 is 0 Å². The molecule has 5 heteroatoms. The number of nitrogens with two attached hydrogens (primary N) is 1. The highest BCUT2D eigenvalue weighted by Gasteiger charge is 2.27. The molecule has 2 unspecified atom stereocenters. The summed E-state index contributed by atoms with van der Waals surface area (Å²) in [5.74, 6) is 0.953. The number of anilines is 1. The summed E-state index contributed by atoms with van der Waals surface area (Å²) in [4.78, 5) is 4.70. The highest BCUT2D eigenvalue weighted by Crippen LogP contribution is 2.18. The van der Waals surface area contributed by atoms with Crippen LogP contribution in [-0.4, -0.2) is 47.3 Å². The smallest absolute Gasteiger partial charge is 0.151 e. The van der Waals surface area contributed by atoms with Crippen molar-refractivity contribution in [3.8, 4) is 0 Å². The van der Waals surface area contributed by atoms with Crippen molar-refractivity contribution in [1.82, 2.24) is 15.1 Å². The zero-order valence-electron chi connectivity index (χ0n) is 10.8. The summed E-state index contributed by atoms with van der Waals surface area (Å²) in [6.45, 7) is 6.92. The Hall–Kier alpha value is -1.20. The average molecular weight is 235 g/mol. The number of nitrogens with zero attached hydrogens (tertiary/aromatic N) is 4. The second-order valence-electron chi connectivity index (χ2n) is 4.86. The molecule has 1 fully saturated rings. The zero-order valence-corrected chi connectivity index (χ0v) is 10.8. The monoisotopic (exact) mass is 235 g/mol. The first kappa shape index (κ1) is 12.3. The van der Waals surface area contributed by atoms with Gasteiger partial charge in [-0.15, -0.1) is 5.10 Å². The van der Waals surface area contributed by atoms with Crippen LogP contribution in [0, 0.1) is 0 Å². The van der Waals surface area contributed by atoms with Gasteiger partial charge in [0, 0.05) is 31.7 Å². The van der Waals surface area contributed by atoms with E-state index in [0.29, 0.717) is 18.6 Å². The summed E-state index contributed by atoms with van der Waals surface area (Å²) in [6, 6.07) is 5.04. The maximum absolute atomic E-state index is 5.52. The Morgan fingerprint density at radius 1 is 1.24 bits per heavy atom. The van der Waals surface area contributed by atoms with E-state index in [1.165, 1.54) is 0 Å². The molecule has 17 heavy (non-hydrogen) atoms. The van der Waals surface area contributed by atoms with E-state index in [1.54, 1.807) is 0 Å². The summed E-state index contributed by atoms with van der Waals surface area (Å²) in [7, 11) is 2.18. The Morgan fingerprint density at radius 3 is 2.35 bits per heavy atom. The van der Waals surface area contributed by atoms with E-state index in [9.17, 15) is 0 Å². The maximum Gasteiger partial charge on any atom is 0.151 e. The van der Waals surface area contributed by atoms with Crippen LogP contribution >= 0.6 is 0 Å². The molecule has 0 spiro atoms. The Balaban J connectivity index is 2.11. The quantitative estimate of drug-likeness (QED) is 0.807. The van der Waals surface area contributed by atoms with E-state index in [-0.39, 0.29) is 0 Å². The minimum Gasteiger partial charge on any atom is -0.352 e. The zero-order chi connectivity index (χ0) is 12.4. The van der Waals surface area contributed by atoms with Gasteiger partial charge in [0.15, 0.2) is 5.82 Å². The molecule has 5 nitrogen and oxygen atoms in total. The maximum atomic E-state index is 5.52. The second kappa shape index (κ2) is 4.98. The number of aromatic nitrogens is 2. The van der Waals surface area contributed by atoms with Gasteiger partial charge in [-0.1, -0.05) is 0 Å². The number of piperazine rings is 1. The third-order valence-electron chi connectivity index (χ3n) is 3.60. The van der Waals surface area contributed by atoms with Crippen LogP contribution in [0.1, 0.15) is 19.5 Å². The van der Waals surface area contributed by atoms with Gasteiger partial charge >= 0.3 is 0 Å². The predicted octanol–water partition coefficient (Wildman–Crippen LogP) is 0.464. The molecule has 2 heterocycles. The molecule has 1 aliphatic rings. The van der Waals surface area contributed by atoms with Gasteiger partial charge < -0.3 is 10.6 Å². The SMILES string of the molecule is CC1CN(c2ccc(CN)nn2)CC(C)N1C. The molecule has 2 N–H and O–H groups in total. The fourth-order valence-corrected chi connectivity index (χ4v) is 2.22. The highest BCUT2D eigenvalue weighted by molar-refractivity contribution is 5.38. The van der Waals surface area contributed by atoms with Crippen LogP contribution < -0.4 is 10.6 Å². The Kier molecular flexibility index (Phi) is 3.59. The average Bonchev–Trinajstić information content (AvgIpc) is 2.35. The Labute approximate surface area is 103 Å². The minimum absolute atomic E-state index is 0.447. The molecule has 1 aromatic heterocycles. The third kappa shape index (κ3) is 2.56. The van der Waals surface area contributed by atoms with Gasteiger partial charge in [-0.3, -0.25) is 4.90 Å². The summed E-state index contributed by atoms with van der Waals surface area (Å²) < 4.78 is 0. The van der Waals surface area contributed by atoms with Crippen LogP contribution in [0.4, 0.5) is 5.82 Å². The summed E-state index contributed by atoms with van der Waals surface area (Å²) in [5.41, 5.74) is 6.35. The molecule has 94 valence electrons. The fourth-order valence-electron chi connectivity index (χ4n) is 2.22. The van der Waals surface area contributed by atoms with E-state index in [0.717, 1.165) is 24.6 Å². The summed E-state index contributed by atoms with van der Waals surface area (Å²) in [5, 5.41) is 8.36. The molecule has 0 bridgehead atoms. The van der Waals surface area contributed by atoms with Gasteiger partial charge in [0.05, 0.1) is 5.69 Å². The van der Waals surface area contributed by atoms with Crippen molar-refractivity contribution in [2.75, 3.05) is 25.0 Å². The Morgan fingerprint density at radius 2 is 1.88 bits per heavy atom. The standard InChI is InChI=1S/C12H21N5/c1-9-7-17(8-10(2)16(9)3)12-5-4-11(6-13)14-15-12/h4-5,9-10H,6-8,13H2,1-3H3. The van der Waals surface area contributed by atoms with Gasteiger partial charge in [-0.2, -0.15) is 5.10 Å². The lowest BCUT2D eigenvalue weighted by Gasteiger charge is -2.42. The molecular weight excluding hydrogens is 214 g/mol. The second-order valence-corrected chi connectivity index (χ2v) is 4.86. The number of likely N-dealkylation sites (N-methyl/N-ethyl adjacent to an activating group) is 1. The molecule has 1 saturated heterocycles. The van der Waals surface area contributed by atoms with E-state index in [4.69, 9.17) is 5.73 Å². The lowest BCUT2D eigenvalue weighted by molar-refractivity contribution is 0.169. The highest BCUT2D eigenvalue weighted by atomic mass is 15.3. The van der Waals surface area contributed by atoms with Crippen molar-refractivity contribution >= 4 is 5.82 Å². The molecular formula is C12H21N5. The van der Waals surface area contributed by atoms with Gasteiger partial charge in [0.1, 0.15) is 0 Å². The number of hydrogen-bond acceptors (Lipinski definition) is 5. The first-order chi connectivity index (χ1) is 8.11. The van der Waals surface area contributed by atoms with Gasteiger partial charge in [-0.25, -0.2) is 0 Å². The van der Waals surface area contributed by atoms with Crippen LogP contribution in [0.2, 0.25) is 0 Å². The normalized spacial score (nSPS) is 26.2. The van der Waals surface area contributed by atoms with Crippen LogP contribution in [-0.2, 0) is 6.54 Å². The molecule has 2 rings (SSSR count). The fraction of sp³-hybridized carbons (Fsp3) is 0.667. The number of rotatable bonds is 2. The van der Waals surface area contributed by atoms with E-state index < -0.39 is 0 Å². The van der Waals surface area contributed by atoms with Gasteiger partial charge in [0.25, 0.3) is 0 Å². The molecule has 2 atom stereocenters. The van der Waals surface area contributed by atoms with Crippen molar-refractivity contribution in [2.45, 2.75) is 32.5 Å². The first-order valence-electron chi connectivity index (χ1n) is 6.11. The van der Waals surface area contributed by atoms with E-state index in [2.05, 4.69) is 40.9 Å². The third-order valence-corrected chi connectivity index (χ3v) is 3.60. The summed E-state index contributed by atoms with van der Waals surface area (Å²) in [6.07, 6.45) is 0. The van der Waals surface area contributed by atoms with Crippen molar-refractivity contribution < 1.29 is 0 Å². The van der Waals surface area contributed by atoms with Crippen molar-refractivity contribution in [2.24, 2.45) is 5.73 Å². The molecule has 0 saturated carbocycles. The number of hydrogen-bond donors (Lipinski definition) is 1. The molecule has 0 aromatic carbocycles. The Bertz CT molecular complexity index is 352. The molecule has 0 amide bonds. The topological polar surface area (TPSA) is 58.3 Å². The lowest BCUT2D eigenvalue weighted by Crippen LogP contribution is -2.55. The van der Waals surface area contributed by atoms with Crippen LogP contribution in [0.5, 0.6) is 0 Å². The largest absolute Gasteiger partial charge is 0.352 e. The molecule has 0 radical (unpaired) electrons. The van der Waals surface area contributed by atoms with Gasteiger partial charge in [0.2, 0.25) is 0 Å². The minimum atomic E-state index is 0.447. The molecule has 0 aliphatic carbocycles. The van der Waals surface area contributed by atoms with Crippen LogP contribution in [0.25, 0.3) is 0 Å².